The summed E-state index contributed by atoms with van der Waals surface area (Å²) in [6.45, 7) is 4.80. The zero-order valence-electron chi connectivity index (χ0n) is 13.9. The molecule has 6 heteroatoms. The number of benzene rings is 1. The van der Waals surface area contributed by atoms with Gasteiger partial charge < -0.3 is 14.7 Å². The predicted octanol–water partition coefficient (Wildman–Crippen LogP) is 2.05. The summed E-state index contributed by atoms with van der Waals surface area (Å²) in [5.41, 5.74) is -1.26. The van der Waals surface area contributed by atoms with Crippen molar-refractivity contribution in [2.75, 3.05) is 26.3 Å². The molecule has 5 nitrogen and oxygen atoms in total. The van der Waals surface area contributed by atoms with E-state index in [9.17, 15) is 19.1 Å². The molecule has 0 radical (unpaired) electrons. The van der Waals surface area contributed by atoms with E-state index in [1.54, 1.807) is 30.9 Å². The standard InChI is InChI=1S/C18H22FNO4/c1-17(2,12-4-3-5-14(19)8-12)15(21)20-9-13-10-24-7-6-18(13,11-20)16(22)23/h3-5,8,13H,6-7,9-11H2,1-2H3,(H,22,23)/t13-,18+/m0/s1. The van der Waals surface area contributed by atoms with Crippen molar-refractivity contribution in [2.45, 2.75) is 25.7 Å². The number of carbonyl (C=O) groups is 2. The van der Waals surface area contributed by atoms with Crippen molar-refractivity contribution in [1.82, 2.24) is 4.90 Å². The Bertz CT molecular complexity index is 675. The molecular formula is C18H22FNO4. The number of carbonyl (C=O) groups excluding carboxylic acids is 1. The minimum absolute atomic E-state index is 0.178. The summed E-state index contributed by atoms with van der Waals surface area (Å²) in [6.07, 6.45) is 0.414. The maximum Gasteiger partial charge on any atom is 0.311 e. The number of carboxylic acids is 1. The smallest absolute Gasteiger partial charge is 0.311 e. The molecule has 2 fully saturated rings. The SMILES string of the molecule is CC(C)(C(=O)N1C[C@H]2COCC[C@@]2(C(=O)O)C1)c1cccc(F)c1. The van der Waals surface area contributed by atoms with Gasteiger partial charge in [0, 0.05) is 25.6 Å². The maximum atomic E-state index is 13.5. The molecule has 1 aromatic carbocycles. The van der Waals surface area contributed by atoms with Crippen LogP contribution in [0.3, 0.4) is 0 Å². The van der Waals surface area contributed by atoms with E-state index >= 15 is 0 Å². The summed E-state index contributed by atoms with van der Waals surface area (Å²) in [4.78, 5) is 26.5. The molecule has 0 saturated carbocycles. The van der Waals surface area contributed by atoms with Gasteiger partial charge in [0.2, 0.25) is 5.91 Å². The molecule has 3 rings (SSSR count). The largest absolute Gasteiger partial charge is 0.481 e. The van der Waals surface area contributed by atoms with Crippen LogP contribution in [-0.4, -0.2) is 48.2 Å². The zero-order valence-corrected chi connectivity index (χ0v) is 13.9. The van der Waals surface area contributed by atoms with E-state index in [1.807, 2.05) is 0 Å². The second-order valence-electron chi connectivity index (χ2n) is 7.30. The highest BCUT2D eigenvalue weighted by Crippen LogP contribution is 2.43. The maximum absolute atomic E-state index is 13.5. The molecule has 0 aromatic heterocycles. The number of hydrogen-bond donors (Lipinski definition) is 1. The molecule has 24 heavy (non-hydrogen) atoms. The van der Waals surface area contributed by atoms with Crippen LogP contribution < -0.4 is 0 Å². The Kier molecular flexibility index (Phi) is 4.11. The number of halogens is 1. The van der Waals surface area contributed by atoms with E-state index in [-0.39, 0.29) is 24.2 Å². The third kappa shape index (κ3) is 2.59. The average molecular weight is 335 g/mol. The summed E-state index contributed by atoms with van der Waals surface area (Å²) in [5.74, 6) is -1.63. The van der Waals surface area contributed by atoms with Crippen molar-refractivity contribution in [1.29, 1.82) is 0 Å². The molecule has 1 N–H and O–H groups in total. The number of aliphatic carboxylic acids is 1. The van der Waals surface area contributed by atoms with Crippen LogP contribution in [0.5, 0.6) is 0 Å². The van der Waals surface area contributed by atoms with Crippen LogP contribution in [0.15, 0.2) is 24.3 Å². The van der Waals surface area contributed by atoms with Crippen LogP contribution >= 0.6 is 0 Å². The number of fused-ring (bicyclic) bond motifs is 1. The molecule has 2 heterocycles. The van der Waals surface area contributed by atoms with Crippen LogP contribution in [0.4, 0.5) is 4.39 Å². The van der Waals surface area contributed by atoms with Gasteiger partial charge in [-0.05, 0) is 38.0 Å². The van der Waals surface area contributed by atoms with Crippen molar-refractivity contribution in [3.8, 4) is 0 Å². The Morgan fingerprint density at radius 3 is 2.79 bits per heavy atom. The summed E-state index contributed by atoms with van der Waals surface area (Å²) >= 11 is 0. The van der Waals surface area contributed by atoms with Crippen LogP contribution in [0.1, 0.15) is 25.8 Å². The Balaban J connectivity index is 1.87. The molecule has 2 aliphatic rings. The number of ether oxygens (including phenoxy) is 1. The van der Waals surface area contributed by atoms with Crippen LogP contribution in [0, 0.1) is 17.2 Å². The molecule has 2 saturated heterocycles. The van der Waals surface area contributed by atoms with E-state index in [2.05, 4.69) is 0 Å². The van der Waals surface area contributed by atoms with Gasteiger partial charge in [0.1, 0.15) is 5.82 Å². The summed E-state index contributed by atoms with van der Waals surface area (Å²) in [5, 5.41) is 9.71. The average Bonchev–Trinajstić information content (AvgIpc) is 2.95. The first kappa shape index (κ1) is 16.9. The molecule has 130 valence electrons. The summed E-state index contributed by atoms with van der Waals surface area (Å²) < 4.78 is 18.9. The second-order valence-corrected chi connectivity index (χ2v) is 7.30. The third-order valence-electron chi connectivity index (χ3n) is 5.50. The highest BCUT2D eigenvalue weighted by Gasteiger charge is 2.56. The highest BCUT2D eigenvalue weighted by molar-refractivity contribution is 5.89. The van der Waals surface area contributed by atoms with E-state index in [4.69, 9.17) is 4.74 Å². The normalized spacial score (nSPS) is 27.0. The van der Waals surface area contributed by atoms with Gasteiger partial charge >= 0.3 is 5.97 Å². The van der Waals surface area contributed by atoms with E-state index in [1.165, 1.54) is 12.1 Å². The molecule has 2 atom stereocenters. The second kappa shape index (κ2) is 5.84. The van der Waals surface area contributed by atoms with Crippen LogP contribution in [0.25, 0.3) is 0 Å². The first-order valence-electron chi connectivity index (χ1n) is 8.14. The van der Waals surface area contributed by atoms with Gasteiger partial charge in [-0.1, -0.05) is 12.1 Å². The Morgan fingerprint density at radius 1 is 1.42 bits per heavy atom. The van der Waals surface area contributed by atoms with Crippen molar-refractivity contribution >= 4 is 11.9 Å². The molecule has 1 aromatic rings. The Morgan fingerprint density at radius 2 is 2.17 bits per heavy atom. The van der Waals surface area contributed by atoms with E-state index in [0.29, 0.717) is 31.7 Å². The Labute approximate surface area is 140 Å². The van der Waals surface area contributed by atoms with Gasteiger partial charge in [0.15, 0.2) is 0 Å². The number of carboxylic acid groups (broad SMARTS) is 1. The number of likely N-dealkylation sites (tertiary alicyclic amines) is 1. The lowest BCUT2D eigenvalue weighted by molar-refractivity contribution is -0.157. The van der Waals surface area contributed by atoms with Crippen LogP contribution in [-0.2, 0) is 19.7 Å². The lowest BCUT2D eigenvalue weighted by Crippen LogP contribution is -2.46. The highest BCUT2D eigenvalue weighted by atomic mass is 19.1. The van der Waals surface area contributed by atoms with E-state index < -0.39 is 16.8 Å². The number of amides is 1. The number of rotatable bonds is 3. The van der Waals surface area contributed by atoms with Crippen molar-refractivity contribution in [3.05, 3.63) is 35.6 Å². The first-order valence-corrected chi connectivity index (χ1v) is 8.14. The Hall–Kier alpha value is -1.95. The minimum atomic E-state index is -0.925. The fraction of sp³-hybridized carbons (Fsp3) is 0.556. The van der Waals surface area contributed by atoms with Crippen molar-refractivity contribution in [2.24, 2.45) is 11.3 Å². The monoisotopic (exact) mass is 335 g/mol. The van der Waals surface area contributed by atoms with Gasteiger partial charge in [-0.2, -0.15) is 0 Å². The molecular weight excluding hydrogens is 313 g/mol. The molecule has 2 aliphatic heterocycles. The lowest BCUT2D eigenvalue weighted by atomic mass is 9.74. The van der Waals surface area contributed by atoms with Gasteiger partial charge in [-0.3, -0.25) is 9.59 Å². The summed E-state index contributed by atoms with van der Waals surface area (Å²) in [6, 6.07) is 6.00. The molecule has 0 aliphatic carbocycles. The van der Waals surface area contributed by atoms with Crippen molar-refractivity contribution < 1.29 is 23.8 Å². The number of hydrogen-bond acceptors (Lipinski definition) is 3. The topological polar surface area (TPSA) is 66.8 Å². The molecule has 0 spiro atoms. The molecule has 0 unspecified atom stereocenters. The number of nitrogens with zero attached hydrogens (tertiary/aromatic N) is 1. The fourth-order valence-electron chi connectivity index (χ4n) is 3.85. The van der Waals surface area contributed by atoms with Gasteiger partial charge in [-0.15, -0.1) is 0 Å². The quantitative estimate of drug-likeness (QED) is 0.918. The van der Waals surface area contributed by atoms with Gasteiger partial charge in [0.05, 0.1) is 17.4 Å². The van der Waals surface area contributed by atoms with Gasteiger partial charge in [0.25, 0.3) is 0 Å². The van der Waals surface area contributed by atoms with Crippen molar-refractivity contribution in [3.63, 3.8) is 0 Å². The summed E-state index contributed by atoms with van der Waals surface area (Å²) in [7, 11) is 0. The fourth-order valence-corrected chi connectivity index (χ4v) is 3.85. The molecule has 1 amide bonds. The van der Waals surface area contributed by atoms with Gasteiger partial charge in [-0.25, -0.2) is 4.39 Å². The zero-order chi connectivity index (χ0) is 17.5. The van der Waals surface area contributed by atoms with Crippen LogP contribution in [0.2, 0.25) is 0 Å². The predicted molar refractivity (Wildman–Crippen MR) is 85.0 cm³/mol. The lowest BCUT2D eigenvalue weighted by Gasteiger charge is -2.34. The minimum Gasteiger partial charge on any atom is -0.481 e. The third-order valence-corrected chi connectivity index (χ3v) is 5.50. The van der Waals surface area contributed by atoms with E-state index in [0.717, 1.165) is 0 Å². The first-order chi connectivity index (χ1) is 11.3. The molecule has 0 bridgehead atoms.